The van der Waals surface area contributed by atoms with Crippen molar-refractivity contribution in [2.45, 2.75) is 26.1 Å². The van der Waals surface area contributed by atoms with Gasteiger partial charge in [0.15, 0.2) is 0 Å². The maximum Gasteiger partial charge on any atom is 0.119 e. The summed E-state index contributed by atoms with van der Waals surface area (Å²) in [4.78, 5) is 3.93. The highest BCUT2D eigenvalue weighted by molar-refractivity contribution is 6.31. The third-order valence-electron chi connectivity index (χ3n) is 2.90. The first kappa shape index (κ1) is 13.8. The van der Waals surface area contributed by atoms with Gasteiger partial charge in [-0.3, -0.25) is 4.98 Å². The van der Waals surface area contributed by atoms with Crippen molar-refractivity contribution >= 4 is 11.6 Å². The van der Waals surface area contributed by atoms with Gasteiger partial charge < -0.3 is 9.84 Å². The number of benzene rings is 1. The van der Waals surface area contributed by atoms with Crippen LogP contribution in [0.1, 0.15) is 30.6 Å². The summed E-state index contributed by atoms with van der Waals surface area (Å²) in [5, 5.41) is 10.3. The van der Waals surface area contributed by atoms with Gasteiger partial charge in [-0.25, -0.2) is 0 Å². The third kappa shape index (κ3) is 3.69. The molecule has 1 atom stereocenters. The van der Waals surface area contributed by atoms with Crippen molar-refractivity contribution in [3.63, 3.8) is 0 Å². The van der Waals surface area contributed by atoms with Gasteiger partial charge in [0, 0.05) is 18.0 Å². The van der Waals surface area contributed by atoms with E-state index in [1.807, 2.05) is 37.3 Å². The van der Waals surface area contributed by atoms with Gasteiger partial charge in [0.1, 0.15) is 12.4 Å². The van der Waals surface area contributed by atoms with Gasteiger partial charge >= 0.3 is 0 Å². The fraction of sp³-hybridized carbons (Fsp3) is 0.267. The van der Waals surface area contributed by atoms with Crippen LogP contribution in [0.5, 0.6) is 5.75 Å². The summed E-state index contributed by atoms with van der Waals surface area (Å²) >= 11 is 6.00. The van der Waals surface area contributed by atoms with Crippen molar-refractivity contribution in [3.05, 3.63) is 58.9 Å². The van der Waals surface area contributed by atoms with Gasteiger partial charge in [-0.15, -0.1) is 0 Å². The van der Waals surface area contributed by atoms with Crippen molar-refractivity contribution in [1.29, 1.82) is 0 Å². The summed E-state index contributed by atoms with van der Waals surface area (Å²) in [6.07, 6.45) is 3.57. The van der Waals surface area contributed by atoms with Crippen molar-refractivity contribution in [3.8, 4) is 5.75 Å². The zero-order chi connectivity index (χ0) is 13.7. The molecular weight excluding hydrogens is 262 g/mol. The lowest BCUT2D eigenvalue weighted by Crippen LogP contribution is -1.98. The smallest absolute Gasteiger partial charge is 0.119 e. The number of aliphatic hydroxyl groups excluding tert-OH is 1. The molecule has 19 heavy (non-hydrogen) atoms. The minimum atomic E-state index is -0.413. The molecule has 0 saturated carbocycles. The SMILES string of the molecule is CC[C@H](O)c1ccc(OCc2ccncc2Cl)cc1. The zero-order valence-electron chi connectivity index (χ0n) is 10.7. The van der Waals surface area contributed by atoms with Crippen LogP contribution in [0.15, 0.2) is 42.7 Å². The number of hydrogen-bond acceptors (Lipinski definition) is 3. The lowest BCUT2D eigenvalue weighted by molar-refractivity contribution is 0.173. The van der Waals surface area contributed by atoms with Crippen LogP contribution < -0.4 is 4.74 Å². The molecule has 4 heteroatoms. The maximum absolute atomic E-state index is 9.70. The lowest BCUT2D eigenvalue weighted by atomic mass is 10.1. The second kappa shape index (κ2) is 6.55. The molecule has 100 valence electrons. The van der Waals surface area contributed by atoms with E-state index in [4.69, 9.17) is 16.3 Å². The molecule has 0 radical (unpaired) electrons. The highest BCUT2D eigenvalue weighted by Crippen LogP contribution is 2.21. The van der Waals surface area contributed by atoms with E-state index in [9.17, 15) is 5.11 Å². The van der Waals surface area contributed by atoms with E-state index in [1.165, 1.54) is 0 Å². The van der Waals surface area contributed by atoms with E-state index >= 15 is 0 Å². The first-order valence-corrected chi connectivity index (χ1v) is 6.57. The van der Waals surface area contributed by atoms with Crippen LogP contribution in [0.2, 0.25) is 5.02 Å². The van der Waals surface area contributed by atoms with Gasteiger partial charge in [0.05, 0.1) is 11.1 Å². The molecular formula is C15H16ClNO2. The van der Waals surface area contributed by atoms with Crippen molar-refractivity contribution in [2.75, 3.05) is 0 Å². The first-order chi connectivity index (χ1) is 9.20. The predicted molar refractivity (Wildman–Crippen MR) is 75.3 cm³/mol. The Morgan fingerprint density at radius 3 is 2.63 bits per heavy atom. The largest absolute Gasteiger partial charge is 0.489 e. The topological polar surface area (TPSA) is 42.4 Å². The summed E-state index contributed by atoms with van der Waals surface area (Å²) in [5.74, 6) is 0.750. The highest BCUT2D eigenvalue weighted by Gasteiger charge is 2.05. The van der Waals surface area contributed by atoms with E-state index < -0.39 is 6.10 Å². The van der Waals surface area contributed by atoms with Gasteiger partial charge in [0.2, 0.25) is 0 Å². The van der Waals surface area contributed by atoms with Crippen LogP contribution in [-0.4, -0.2) is 10.1 Å². The standard InChI is InChI=1S/C15H16ClNO2/c1-2-15(18)11-3-5-13(6-4-11)19-10-12-7-8-17-9-14(12)16/h3-9,15,18H,2,10H2,1H3/t15-/m0/s1. The Balaban J connectivity index is 1.99. The Kier molecular flexibility index (Phi) is 4.77. The average Bonchev–Trinajstić information content (AvgIpc) is 2.46. The van der Waals surface area contributed by atoms with Gasteiger partial charge in [-0.1, -0.05) is 30.7 Å². The Labute approximate surface area is 117 Å². The summed E-state index contributed by atoms with van der Waals surface area (Å²) in [6, 6.07) is 9.28. The quantitative estimate of drug-likeness (QED) is 0.905. The molecule has 0 aliphatic carbocycles. The molecule has 3 nitrogen and oxygen atoms in total. The molecule has 1 aromatic carbocycles. The molecule has 0 bridgehead atoms. The predicted octanol–water partition coefficient (Wildman–Crippen LogP) is 3.76. The molecule has 0 fully saturated rings. The second-order valence-electron chi connectivity index (χ2n) is 4.25. The van der Waals surface area contributed by atoms with Crippen LogP contribution >= 0.6 is 11.6 Å². The summed E-state index contributed by atoms with van der Waals surface area (Å²) in [5.41, 5.74) is 1.80. The van der Waals surface area contributed by atoms with Gasteiger partial charge in [-0.2, -0.15) is 0 Å². The number of pyridine rings is 1. The molecule has 0 unspecified atom stereocenters. The van der Waals surface area contributed by atoms with Crippen LogP contribution in [-0.2, 0) is 6.61 Å². The minimum absolute atomic E-state index is 0.400. The molecule has 2 rings (SSSR count). The van der Waals surface area contributed by atoms with E-state index in [2.05, 4.69) is 4.98 Å². The van der Waals surface area contributed by atoms with Crippen LogP contribution in [0.4, 0.5) is 0 Å². The number of rotatable bonds is 5. The zero-order valence-corrected chi connectivity index (χ0v) is 11.5. The summed E-state index contributed by atoms with van der Waals surface area (Å²) in [7, 11) is 0. The lowest BCUT2D eigenvalue weighted by Gasteiger charge is -2.10. The summed E-state index contributed by atoms with van der Waals surface area (Å²) < 4.78 is 5.65. The minimum Gasteiger partial charge on any atom is -0.489 e. The molecule has 2 aromatic rings. The fourth-order valence-electron chi connectivity index (χ4n) is 1.70. The molecule has 0 amide bonds. The van der Waals surface area contributed by atoms with E-state index in [0.717, 1.165) is 16.9 Å². The second-order valence-corrected chi connectivity index (χ2v) is 4.66. The average molecular weight is 278 g/mol. The third-order valence-corrected chi connectivity index (χ3v) is 3.24. The van der Waals surface area contributed by atoms with Gasteiger partial charge in [0.25, 0.3) is 0 Å². The van der Waals surface area contributed by atoms with Crippen molar-refractivity contribution in [2.24, 2.45) is 0 Å². The molecule has 0 saturated heterocycles. The van der Waals surface area contributed by atoms with Crippen molar-refractivity contribution in [1.82, 2.24) is 4.98 Å². The molecule has 1 heterocycles. The van der Waals surface area contributed by atoms with E-state index in [0.29, 0.717) is 18.1 Å². The number of nitrogens with zero attached hydrogens (tertiary/aromatic N) is 1. The number of ether oxygens (including phenoxy) is 1. The number of hydrogen-bond donors (Lipinski definition) is 1. The first-order valence-electron chi connectivity index (χ1n) is 6.20. The number of halogens is 1. The van der Waals surface area contributed by atoms with Crippen molar-refractivity contribution < 1.29 is 9.84 Å². The number of aliphatic hydroxyl groups is 1. The Bertz CT molecular complexity index is 528. The highest BCUT2D eigenvalue weighted by atomic mass is 35.5. The molecule has 1 N–H and O–H groups in total. The molecule has 1 aromatic heterocycles. The molecule has 0 aliphatic heterocycles. The maximum atomic E-state index is 9.70. The fourth-order valence-corrected chi connectivity index (χ4v) is 1.88. The van der Waals surface area contributed by atoms with Gasteiger partial charge in [-0.05, 0) is 30.2 Å². The Morgan fingerprint density at radius 2 is 2.00 bits per heavy atom. The molecule has 0 aliphatic rings. The van der Waals surface area contributed by atoms with Crippen LogP contribution in [0.3, 0.4) is 0 Å². The van der Waals surface area contributed by atoms with Crippen LogP contribution in [0.25, 0.3) is 0 Å². The normalized spacial score (nSPS) is 12.2. The van der Waals surface area contributed by atoms with E-state index in [1.54, 1.807) is 12.4 Å². The monoisotopic (exact) mass is 277 g/mol. The van der Waals surface area contributed by atoms with E-state index in [-0.39, 0.29) is 0 Å². The Hall–Kier alpha value is -1.58. The number of aromatic nitrogens is 1. The summed E-state index contributed by atoms with van der Waals surface area (Å²) in [6.45, 7) is 2.34. The molecule has 0 spiro atoms. The van der Waals surface area contributed by atoms with Crippen LogP contribution in [0, 0.1) is 0 Å². The Morgan fingerprint density at radius 1 is 1.26 bits per heavy atom.